The topological polar surface area (TPSA) is 50.4 Å². The van der Waals surface area contributed by atoms with Crippen LogP contribution in [-0.2, 0) is 19.3 Å². The van der Waals surface area contributed by atoms with Crippen molar-refractivity contribution in [1.29, 1.82) is 0 Å². The van der Waals surface area contributed by atoms with Crippen LogP contribution in [0.3, 0.4) is 0 Å². The van der Waals surface area contributed by atoms with E-state index in [4.69, 9.17) is 9.97 Å². The molecule has 5 heteroatoms. The number of nitrogens with zero attached hydrogens (tertiary/aromatic N) is 3. The Morgan fingerprint density at radius 3 is 2.24 bits per heavy atom. The fraction of sp³-hybridized carbons (Fsp3) is 0.214. The van der Waals surface area contributed by atoms with Crippen LogP contribution < -0.4 is 0 Å². The predicted molar refractivity (Wildman–Crippen MR) is 135 cm³/mol. The number of fused-ring (bicyclic) bond motifs is 1. The van der Waals surface area contributed by atoms with Crippen LogP contribution in [0.4, 0.5) is 0 Å². The van der Waals surface area contributed by atoms with Gasteiger partial charge in [-0.1, -0.05) is 74.5 Å². The first-order chi connectivity index (χ1) is 16.1. The Bertz CT molecular complexity index is 1370. The molecule has 0 bridgehead atoms. The Morgan fingerprint density at radius 2 is 1.52 bits per heavy atom. The largest absolute Gasteiger partial charge is 0.493 e. The van der Waals surface area contributed by atoms with Gasteiger partial charge in [0.05, 0.1) is 11.4 Å². The summed E-state index contributed by atoms with van der Waals surface area (Å²) in [5.41, 5.74) is 5.26. The number of hydrogen-bond acceptors (Lipinski definition) is 4. The average molecular weight is 454 g/mol. The SMILES string of the molecule is CC(C)Cc1ccc(Cc2nc3c(Cc4ccccc4)nc(-c4ccccc4)cn3c2O)s1. The maximum absolute atomic E-state index is 11.1. The Hall–Kier alpha value is -3.44. The van der Waals surface area contributed by atoms with Crippen molar-refractivity contribution in [2.75, 3.05) is 0 Å². The first kappa shape index (κ1) is 21.4. The Labute approximate surface area is 198 Å². The van der Waals surface area contributed by atoms with E-state index in [9.17, 15) is 5.11 Å². The molecule has 3 heterocycles. The summed E-state index contributed by atoms with van der Waals surface area (Å²) in [7, 11) is 0. The van der Waals surface area contributed by atoms with Crippen molar-refractivity contribution in [3.63, 3.8) is 0 Å². The average Bonchev–Trinajstić information content (AvgIpc) is 3.39. The zero-order valence-electron chi connectivity index (χ0n) is 18.9. The van der Waals surface area contributed by atoms with Crippen LogP contribution in [0.1, 0.15) is 40.6 Å². The number of imidazole rings is 1. The lowest BCUT2D eigenvalue weighted by molar-refractivity contribution is 0.442. The molecule has 5 aromatic rings. The Morgan fingerprint density at radius 1 is 0.818 bits per heavy atom. The molecule has 2 aromatic carbocycles. The lowest BCUT2D eigenvalue weighted by Gasteiger charge is -2.08. The smallest absolute Gasteiger partial charge is 0.219 e. The van der Waals surface area contributed by atoms with Crippen molar-refractivity contribution in [3.8, 4) is 17.1 Å². The minimum atomic E-state index is 0.192. The van der Waals surface area contributed by atoms with Gasteiger partial charge in [0.25, 0.3) is 0 Å². The predicted octanol–water partition coefficient (Wildman–Crippen LogP) is 6.54. The van der Waals surface area contributed by atoms with E-state index in [1.165, 1.54) is 9.75 Å². The second kappa shape index (κ2) is 9.20. The van der Waals surface area contributed by atoms with Gasteiger partial charge in [-0.3, -0.25) is 4.40 Å². The molecule has 0 atom stereocenters. The molecular weight excluding hydrogens is 426 g/mol. The first-order valence-electron chi connectivity index (χ1n) is 11.3. The van der Waals surface area contributed by atoms with Gasteiger partial charge in [0.1, 0.15) is 5.69 Å². The Balaban J connectivity index is 1.57. The highest BCUT2D eigenvalue weighted by Gasteiger charge is 2.18. The normalized spacial score (nSPS) is 11.5. The lowest BCUT2D eigenvalue weighted by atomic mass is 10.1. The van der Waals surface area contributed by atoms with Gasteiger partial charge in [-0.2, -0.15) is 0 Å². The van der Waals surface area contributed by atoms with Crippen LogP contribution >= 0.6 is 11.3 Å². The monoisotopic (exact) mass is 453 g/mol. The molecule has 0 saturated carbocycles. The zero-order valence-corrected chi connectivity index (χ0v) is 19.7. The van der Waals surface area contributed by atoms with Crippen LogP contribution in [0.25, 0.3) is 16.9 Å². The van der Waals surface area contributed by atoms with Gasteiger partial charge >= 0.3 is 0 Å². The molecule has 0 aliphatic rings. The minimum absolute atomic E-state index is 0.192. The third-order valence-electron chi connectivity index (χ3n) is 5.67. The summed E-state index contributed by atoms with van der Waals surface area (Å²) < 4.78 is 1.80. The van der Waals surface area contributed by atoms with Gasteiger partial charge in [0, 0.05) is 34.4 Å². The number of rotatable bonds is 7. The van der Waals surface area contributed by atoms with Gasteiger partial charge in [0.15, 0.2) is 5.65 Å². The third-order valence-corrected chi connectivity index (χ3v) is 6.78. The number of thiophene rings is 1. The van der Waals surface area contributed by atoms with E-state index in [2.05, 4.69) is 38.1 Å². The van der Waals surface area contributed by atoms with E-state index < -0.39 is 0 Å². The van der Waals surface area contributed by atoms with E-state index in [-0.39, 0.29) is 5.88 Å². The summed E-state index contributed by atoms with van der Waals surface area (Å²) in [6.45, 7) is 4.47. The summed E-state index contributed by atoms with van der Waals surface area (Å²) >= 11 is 1.81. The fourth-order valence-corrected chi connectivity index (χ4v) is 5.35. The molecule has 0 radical (unpaired) electrons. The maximum atomic E-state index is 11.1. The summed E-state index contributed by atoms with van der Waals surface area (Å²) in [6.07, 6.45) is 4.23. The molecule has 3 aromatic heterocycles. The molecular formula is C28H27N3OS. The minimum Gasteiger partial charge on any atom is -0.493 e. The molecule has 0 aliphatic heterocycles. The Kier molecular flexibility index (Phi) is 5.97. The van der Waals surface area contributed by atoms with Crippen LogP contribution in [0.5, 0.6) is 5.88 Å². The van der Waals surface area contributed by atoms with E-state index in [0.29, 0.717) is 30.1 Å². The summed E-state index contributed by atoms with van der Waals surface area (Å²) in [6, 6.07) is 24.7. The standard InChI is InChI=1S/C28H27N3OS/c1-19(2)15-22-13-14-23(33-22)17-25-28(32)31-18-26(21-11-7-4-8-12-21)29-24(27(31)30-25)16-20-9-5-3-6-10-20/h3-14,18-19,32H,15-17H2,1-2H3. The van der Waals surface area contributed by atoms with Crippen molar-refractivity contribution in [2.24, 2.45) is 5.92 Å². The van der Waals surface area contributed by atoms with Gasteiger partial charge in [-0.05, 0) is 30.0 Å². The molecule has 33 heavy (non-hydrogen) atoms. The summed E-state index contributed by atoms with van der Waals surface area (Å²) in [4.78, 5) is 12.4. The highest BCUT2D eigenvalue weighted by Crippen LogP contribution is 2.30. The number of aromatic hydroxyl groups is 1. The molecule has 0 spiro atoms. The van der Waals surface area contributed by atoms with Crippen LogP contribution in [0.2, 0.25) is 0 Å². The van der Waals surface area contributed by atoms with Gasteiger partial charge in [0.2, 0.25) is 5.88 Å². The molecule has 4 nitrogen and oxygen atoms in total. The molecule has 0 amide bonds. The second-order valence-electron chi connectivity index (χ2n) is 8.82. The van der Waals surface area contributed by atoms with Crippen LogP contribution in [0, 0.1) is 5.92 Å². The number of hydrogen-bond donors (Lipinski definition) is 1. The zero-order chi connectivity index (χ0) is 22.8. The van der Waals surface area contributed by atoms with Crippen molar-refractivity contribution in [1.82, 2.24) is 14.4 Å². The highest BCUT2D eigenvalue weighted by atomic mass is 32.1. The van der Waals surface area contributed by atoms with Crippen molar-refractivity contribution < 1.29 is 5.11 Å². The number of benzene rings is 2. The van der Waals surface area contributed by atoms with Crippen molar-refractivity contribution >= 4 is 17.0 Å². The van der Waals surface area contributed by atoms with E-state index in [0.717, 1.165) is 28.9 Å². The lowest BCUT2D eigenvalue weighted by Crippen LogP contribution is -2.00. The summed E-state index contributed by atoms with van der Waals surface area (Å²) in [5, 5.41) is 11.1. The molecule has 5 rings (SSSR count). The van der Waals surface area contributed by atoms with E-state index >= 15 is 0 Å². The fourth-order valence-electron chi connectivity index (χ4n) is 4.11. The highest BCUT2D eigenvalue weighted by molar-refractivity contribution is 7.12. The van der Waals surface area contributed by atoms with Crippen molar-refractivity contribution in [2.45, 2.75) is 33.1 Å². The van der Waals surface area contributed by atoms with Gasteiger partial charge in [-0.15, -0.1) is 11.3 Å². The van der Waals surface area contributed by atoms with E-state index in [1.54, 1.807) is 15.7 Å². The second-order valence-corrected chi connectivity index (χ2v) is 10.1. The third kappa shape index (κ3) is 4.69. The quantitative estimate of drug-likeness (QED) is 0.304. The first-order valence-corrected chi connectivity index (χ1v) is 12.1. The maximum Gasteiger partial charge on any atom is 0.219 e. The molecule has 166 valence electrons. The van der Waals surface area contributed by atoms with Gasteiger partial charge in [-0.25, -0.2) is 9.97 Å². The molecule has 1 N–H and O–H groups in total. The molecule has 0 saturated heterocycles. The van der Waals surface area contributed by atoms with E-state index in [1.807, 2.05) is 54.7 Å². The van der Waals surface area contributed by atoms with Crippen LogP contribution in [0.15, 0.2) is 79.0 Å². The van der Waals surface area contributed by atoms with Crippen molar-refractivity contribution in [3.05, 3.63) is 106 Å². The molecule has 0 unspecified atom stereocenters. The van der Waals surface area contributed by atoms with Gasteiger partial charge < -0.3 is 5.11 Å². The summed E-state index contributed by atoms with van der Waals surface area (Å²) in [5.74, 6) is 0.820. The molecule has 0 fully saturated rings. The number of aromatic nitrogens is 3. The van der Waals surface area contributed by atoms with Crippen LogP contribution in [-0.4, -0.2) is 19.5 Å². The molecule has 0 aliphatic carbocycles.